The highest BCUT2D eigenvalue weighted by Crippen LogP contribution is 2.21. The van der Waals surface area contributed by atoms with Crippen LogP contribution in [0.5, 0.6) is 5.75 Å². The van der Waals surface area contributed by atoms with Gasteiger partial charge in [-0.25, -0.2) is 4.79 Å². The fraction of sp³-hybridized carbons (Fsp3) is 0.222. The molecule has 0 radical (unpaired) electrons. The Balaban J connectivity index is 0.000000593. The van der Waals surface area contributed by atoms with E-state index in [2.05, 4.69) is 6.92 Å². The van der Waals surface area contributed by atoms with Crippen LogP contribution >= 0.6 is 0 Å². The van der Waals surface area contributed by atoms with E-state index < -0.39 is 6.16 Å². The third-order valence-corrected chi connectivity index (χ3v) is 2.92. The molecule has 0 heterocycles. The molecule has 5 heteroatoms. The van der Waals surface area contributed by atoms with Crippen molar-refractivity contribution in [1.29, 1.82) is 0 Å². The lowest BCUT2D eigenvalue weighted by Crippen LogP contribution is -2.06. The number of carboxylic acid groups (broad SMARTS) is 2. The number of hydrogen-bond donors (Lipinski definition) is 2. The number of ketones is 1. The van der Waals surface area contributed by atoms with E-state index in [1.807, 2.05) is 54.6 Å². The monoisotopic (exact) mass is 316 g/mol. The summed E-state index contributed by atoms with van der Waals surface area (Å²) in [6.45, 7) is 2.76. The summed E-state index contributed by atoms with van der Waals surface area (Å²) in [7, 11) is 0. The number of carbonyl (C=O) groups is 2. The lowest BCUT2D eigenvalue weighted by molar-refractivity contribution is 0.103. The van der Waals surface area contributed by atoms with Crippen molar-refractivity contribution in [3.05, 3.63) is 65.7 Å². The van der Waals surface area contributed by atoms with Gasteiger partial charge in [0.15, 0.2) is 5.78 Å². The molecule has 0 aliphatic heterocycles. The second-order valence-electron chi connectivity index (χ2n) is 4.68. The summed E-state index contributed by atoms with van der Waals surface area (Å²) in [5.41, 5.74) is 1.32. The van der Waals surface area contributed by atoms with Gasteiger partial charge in [-0.15, -0.1) is 0 Å². The van der Waals surface area contributed by atoms with Gasteiger partial charge in [-0.2, -0.15) is 0 Å². The van der Waals surface area contributed by atoms with Crippen LogP contribution in [0.2, 0.25) is 0 Å². The van der Waals surface area contributed by atoms with Gasteiger partial charge in [0.2, 0.25) is 0 Å². The SMILES string of the molecule is CCCCOc1ccccc1C(=O)c1ccccc1.O=C(O)O. The van der Waals surface area contributed by atoms with Gasteiger partial charge >= 0.3 is 6.16 Å². The molecule has 23 heavy (non-hydrogen) atoms. The summed E-state index contributed by atoms with van der Waals surface area (Å²) in [6.07, 6.45) is 0.239. The highest BCUT2D eigenvalue weighted by atomic mass is 16.6. The summed E-state index contributed by atoms with van der Waals surface area (Å²) in [4.78, 5) is 21.0. The summed E-state index contributed by atoms with van der Waals surface area (Å²) in [5.74, 6) is 0.678. The molecule has 2 aromatic carbocycles. The van der Waals surface area contributed by atoms with E-state index in [9.17, 15) is 4.79 Å². The maximum absolute atomic E-state index is 12.4. The molecule has 0 aliphatic carbocycles. The molecule has 0 aromatic heterocycles. The third-order valence-electron chi connectivity index (χ3n) is 2.92. The molecule has 0 saturated heterocycles. The van der Waals surface area contributed by atoms with Crippen LogP contribution in [0.4, 0.5) is 4.79 Å². The minimum atomic E-state index is -1.83. The lowest BCUT2D eigenvalue weighted by Gasteiger charge is -2.10. The Hall–Kier alpha value is -2.82. The van der Waals surface area contributed by atoms with Gasteiger partial charge in [-0.05, 0) is 18.6 Å². The highest BCUT2D eigenvalue weighted by molar-refractivity contribution is 6.10. The molecule has 0 spiro atoms. The minimum absolute atomic E-state index is 0.00713. The van der Waals surface area contributed by atoms with Crippen LogP contribution in [0.1, 0.15) is 35.7 Å². The van der Waals surface area contributed by atoms with Crippen molar-refractivity contribution in [2.75, 3.05) is 6.61 Å². The molecular weight excluding hydrogens is 296 g/mol. The fourth-order valence-corrected chi connectivity index (χ4v) is 1.85. The zero-order chi connectivity index (χ0) is 17.1. The van der Waals surface area contributed by atoms with Crippen molar-refractivity contribution >= 4 is 11.9 Å². The topological polar surface area (TPSA) is 83.8 Å². The first-order chi connectivity index (χ1) is 11.1. The molecule has 2 N–H and O–H groups in total. The summed E-state index contributed by atoms with van der Waals surface area (Å²) >= 11 is 0. The van der Waals surface area contributed by atoms with Gasteiger partial charge in [0.1, 0.15) is 5.75 Å². The molecule has 122 valence electrons. The van der Waals surface area contributed by atoms with Gasteiger partial charge in [0.05, 0.1) is 12.2 Å². The van der Waals surface area contributed by atoms with Crippen molar-refractivity contribution in [3.8, 4) is 5.75 Å². The normalized spacial score (nSPS) is 9.43. The van der Waals surface area contributed by atoms with Crippen molar-refractivity contribution in [1.82, 2.24) is 0 Å². The smallest absolute Gasteiger partial charge is 0.493 e. The fourth-order valence-electron chi connectivity index (χ4n) is 1.85. The van der Waals surface area contributed by atoms with Gasteiger partial charge in [0.25, 0.3) is 0 Å². The number of carbonyl (C=O) groups excluding carboxylic acids is 1. The molecule has 0 unspecified atom stereocenters. The van der Waals surface area contributed by atoms with Crippen LogP contribution < -0.4 is 4.74 Å². The summed E-state index contributed by atoms with van der Waals surface area (Å²) in [6, 6.07) is 16.7. The first-order valence-electron chi connectivity index (χ1n) is 7.29. The maximum atomic E-state index is 12.4. The second kappa shape index (κ2) is 10.00. The molecule has 2 rings (SSSR count). The lowest BCUT2D eigenvalue weighted by atomic mass is 10.0. The maximum Gasteiger partial charge on any atom is 0.503 e. The van der Waals surface area contributed by atoms with Gasteiger partial charge in [-0.1, -0.05) is 55.8 Å². The number of para-hydroxylation sites is 1. The zero-order valence-electron chi connectivity index (χ0n) is 12.9. The molecule has 0 amide bonds. The Morgan fingerprint density at radius 1 is 0.957 bits per heavy atom. The molecule has 0 fully saturated rings. The molecule has 0 bridgehead atoms. The van der Waals surface area contributed by atoms with Crippen molar-refractivity contribution < 1.29 is 24.5 Å². The standard InChI is InChI=1S/C17H18O2.CH2O3/c1-2-3-13-19-16-12-8-7-11-15(16)17(18)14-9-5-4-6-10-14;2-1(3)4/h4-12H,2-3,13H2,1H3;(H2,2,3,4). The number of benzene rings is 2. The van der Waals surface area contributed by atoms with E-state index in [4.69, 9.17) is 19.7 Å². The highest BCUT2D eigenvalue weighted by Gasteiger charge is 2.13. The quantitative estimate of drug-likeness (QED) is 0.612. The Morgan fingerprint density at radius 2 is 1.52 bits per heavy atom. The van der Waals surface area contributed by atoms with Crippen molar-refractivity contribution in [2.45, 2.75) is 19.8 Å². The van der Waals surface area contributed by atoms with Crippen LogP contribution in [0.3, 0.4) is 0 Å². The average molecular weight is 316 g/mol. The predicted molar refractivity (Wildman–Crippen MR) is 87.4 cm³/mol. The van der Waals surface area contributed by atoms with Crippen molar-refractivity contribution in [3.63, 3.8) is 0 Å². The van der Waals surface area contributed by atoms with E-state index >= 15 is 0 Å². The molecule has 0 atom stereocenters. The van der Waals surface area contributed by atoms with E-state index in [0.717, 1.165) is 12.8 Å². The molecule has 2 aromatic rings. The van der Waals surface area contributed by atoms with E-state index in [-0.39, 0.29) is 5.78 Å². The van der Waals surface area contributed by atoms with Gasteiger partial charge in [-0.3, -0.25) is 4.79 Å². The molecule has 5 nitrogen and oxygen atoms in total. The number of unbranched alkanes of at least 4 members (excludes halogenated alkanes) is 1. The number of ether oxygens (including phenoxy) is 1. The molecular formula is C18H20O5. The van der Waals surface area contributed by atoms with Gasteiger partial charge in [0, 0.05) is 5.56 Å². The second-order valence-corrected chi connectivity index (χ2v) is 4.68. The van der Waals surface area contributed by atoms with Crippen LogP contribution in [0, 0.1) is 0 Å². The molecule has 0 saturated carbocycles. The Morgan fingerprint density at radius 3 is 2.13 bits per heavy atom. The first-order valence-corrected chi connectivity index (χ1v) is 7.29. The van der Waals surface area contributed by atoms with Crippen LogP contribution in [0.25, 0.3) is 0 Å². The summed E-state index contributed by atoms with van der Waals surface area (Å²) < 4.78 is 5.70. The minimum Gasteiger partial charge on any atom is -0.493 e. The Kier molecular flexibility index (Phi) is 7.92. The number of hydrogen-bond acceptors (Lipinski definition) is 3. The van der Waals surface area contributed by atoms with Crippen LogP contribution in [0.15, 0.2) is 54.6 Å². The van der Waals surface area contributed by atoms with Crippen LogP contribution in [-0.4, -0.2) is 28.8 Å². The Bertz CT molecular complexity index is 618. The van der Waals surface area contributed by atoms with E-state index in [1.54, 1.807) is 0 Å². The van der Waals surface area contributed by atoms with E-state index in [0.29, 0.717) is 23.5 Å². The van der Waals surface area contributed by atoms with Crippen LogP contribution in [-0.2, 0) is 0 Å². The summed E-state index contributed by atoms with van der Waals surface area (Å²) in [5, 5.41) is 13.9. The third kappa shape index (κ3) is 6.65. The number of rotatable bonds is 6. The van der Waals surface area contributed by atoms with Crippen molar-refractivity contribution in [2.24, 2.45) is 0 Å². The zero-order valence-corrected chi connectivity index (χ0v) is 12.9. The first kappa shape index (κ1) is 18.2. The van der Waals surface area contributed by atoms with Gasteiger partial charge < -0.3 is 14.9 Å². The largest absolute Gasteiger partial charge is 0.503 e. The predicted octanol–water partition coefficient (Wildman–Crippen LogP) is 4.32. The van der Waals surface area contributed by atoms with E-state index in [1.165, 1.54) is 0 Å². The Labute approximate surface area is 135 Å². The molecule has 0 aliphatic rings. The average Bonchev–Trinajstić information content (AvgIpc) is 2.55.